The minimum absolute atomic E-state index is 0.187. The molecule has 0 radical (unpaired) electrons. The largest absolute Gasteiger partial charge is 0.326 e. The fourth-order valence-corrected chi connectivity index (χ4v) is 1.72. The van der Waals surface area contributed by atoms with E-state index in [1.54, 1.807) is 12.1 Å². The number of amides is 1. The molecule has 0 saturated heterocycles. The Bertz CT molecular complexity index is 638. The van der Waals surface area contributed by atoms with Gasteiger partial charge in [0.15, 0.2) is 17.5 Å². The number of carbonyl (C=O) groups excluding carboxylic acids is 1. The second-order valence-electron chi connectivity index (χ2n) is 4.43. The first-order chi connectivity index (χ1) is 9.47. The third-order valence-corrected chi connectivity index (χ3v) is 2.80. The van der Waals surface area contributed by atoms with Gasteiger partial charge in [-0.1, -0.05) is 23.8 Å². The van der Waals surface area contributed by atoms with Crippen molar-refractivity contribution in [3.63, 3.8) is 0 Å². The van der Waals surface area contributed by atoms with Crippen molar-refractivity contribution in [2.75, 3.05) is 5.32 Å². The second-order valence-corrected chi connectivity index (χ2v) is 4.43. The first-order valence-electron chi connectivity index (χ1n) is 5.96. The number of hydrogen-bond acceptors (Lipinski definition) is 1. The van der Waals surface area contributed by atoms with Crippen LogP contribution in [-0.2, 0) is 11.2 Å². The lowest BCUT2D eigenvalue weighted by atomic mass is 10.1. The molecule has 0 spiro atoms. The van der Waals surface area contributed by atoms with E-state index in [1.807, 2.05) is 19.1 Å². The average Bonchev–Trinajstić information content (AvgIpc) is 2.42. The molecule has 0 aliphatic rings. The van der Waals surface area contributed by atoms with Crippen molar-refractivity contribution in [2.24, 2.45) is 0 Å². The van der Waals surface area contributed by atoms with Crippen LogP contribution in [0.1, 0.15) is 11.1 Å². The lowest BCUT2D eigenvalue weighted by Gasteiger charge is -2.07. The summed E-state index contributed by atoms with van der Waals surface area (Å²) in [4.78, 5) is 11.7. The van der Waals surface area contributed by atoms with Crippen LogP contribution in [0.5, 0.6) is 0 Å². The third-order valence-electron chi connectivity index (χ3n) is 2.80. The van der Waals surface area contributed by atoms with Crippen molar-refractivity contribution in [1.29, 1.82) is 0 Å². The minimum Gasteiger partial charge on any atom is -0.326 e. The molecule has 2 rings (SSSR count). The molecule has 104 valence electrons. The van der Waals surface area contributed by atoms with Crippen LogP contribution in [0.4, 0.5) is 18.9 Å². The van der Waals surface area contributed by atoms with Crippen molar-refractivity contribution in [2.45, 2.75) is 13.3 Å². The molecule has 0 aliphatic carbocycles. The molecule has 0 atom stereocenters. The molecule has 0 fully saturated rings. The maximum Gasteiger partial charge on any atom is 0.228 e. The number of nitrogens with one attached hydrogen (secondary N) is 1. The van der Waals surface area contributed by atoms with Crippen LogP contribution in [0.2, 0.25) is 0 Å². The maximum atomic E-state index is 13.4. The number of aryl methyl sites for hydroxylation is 1. The minimum atomic E-state index is -1.56. The van der Waals surface area contributed by atoms with Gasteiger partial charge in [0.05, 0.1) is 6.42 Å². The highest BCUT2D eigenvalue weighted by atomic mass is 19.2. The van der Waals surface area contributed by atoms with Gasteiger partial charge in [-0.05, 0) is 25.1 Å². The summed E-state index contributed by atoms with van der Waals surface area (Å²) in [7, 11) is 0. The highest BCUT2D eigenvalue weighted by Crippen LogP contribution is 2.16. The molecule has 2 aromatic carbocycles. The van der Waals surface area contributed by atoms with E-state index in [9.17, 15) is 18.0 Å². The predicted octanol–water partition coefficient (Wildman–Crippen LogP) is 3.59. The summed E-state index contributed by atoms with van der Waals surface area (Å²) in [5, 5.41) is 2.56. The van der Waals surface area contributed by atoms with E-state index in [4.69, 9.17) is 0 Å². The fourth-order valence-electron chi connectivity index (χ4n) is 1.72. The predicted molar refractivity (Wildman–Crippen MR) is 69.8 cm³/mol. The third kappa shape index (κ3) is 3.17. The zero-order chi connectivity index (χ0) is 14.7. The average molecular weight is 279 g/mol. The highest BCUT2D eigenvalue weighted by Gasteiger charge is 2.15. The first kappa shape index (κ1) is 14.1. The van der Waals surface area contributed by atoms with Crippen LogP contribution in [-0.4, -0.2) is 5.91 Å². The Labute approximate surface area is 114 Å². The molecule has 0 aliphatic heterocycles. The molecular formula is C15H12F3NO. The molecule has 20 heavy (non-hydrogen) atoms. The molecule has 1 N–H and O–H groups in total. The van der Waals surface area contributed by atoms with Crippen LogP contribution in [0, 0.1) is 24.4 Å². The Kier molecular flexibility index (Phi) is 4.08. The number of hydrogen-bond donors (Lipinski definition) is 1. The summed E-state index contributed by atoms with van der Waals surface area (Å²) < 4.78 is 39.2. The van der Waals surface area contributed by atoms with E-state index in [-0.39, 0.29) is 12.0 Å². The van der Waals surface area contributed by atoms with Crippen LogP contribution in [0.25, 0.3) is 0 Å². The van der Waals surface area contributed by atoms with Gasteiger partial charge in [0, 0.05) is 11.3 Å². The quantitative estimate of drug-likeness (QED) is 0.855. The van der Waals surface area contributed by atoms with Crippen molar-refractivity contribution < 1.29 is 18.0 Å². The van der Waals surface area contributed by atoms with Crippen molar-refractivity contribution in [3.8, 4) is 0 Å². The van der Waals surface area contributed by atoms with Crippen LogP contribution >= 0.6 is 0 Å². The molecule has 2 nitrogen and oxygen atoms in total. The van der Waals surface area contributed by atoms with Gasteiger partial charge < -0.3 is 5.32 Å². The number of carbonyl (C=O) groups is 1. The zero-order valence-corrected chi connectivity index (χ0v) is 10.7. The topological polar surface area (TPSA) is 29.1 Å². The lowest BCUT2D eigenvalue weighted by Crippen LogP contribution is -2.15. The van der Waals surface area contributed by atoms with Crippen LogP contribution < -0.4 is 5.32 Å². The fraction of sp³-hybridized carbons (Fsp3) is 0.133. The van der Waals surface area contributed by atoms with E-state index in [0.29, 0.717) is 5.69 Å². The SMILES string of the molecule is Cc1ccc(NC(=O)Cc2ccc(F)c(F)c2F)cc1. The molecular weight excluding hydrogens is 267 g/mol. The Morgan fingerprint density at radius 3 is 2.30 bits per heavy atom. The van der Waals surface area contributed by atoms with Gasteiger partial charge in [0.25, 0.3) is 0 Å². The summed E-state index contributed by atoms with van der Waals surface area (Å²) in [6, 6.07) is 8.89. The zero-order valence-electron chi connectivity index (χ0n) is 10.7. The summed E-state index contributed by atoms with van der Waals surface area (Å²) in [6.45, 7) is 1.91. The Morgan fingerprint density at radius 1 is 1.00 bits per heavy atom. The Balaban J connectivity index is 2.08. The normalized spacial score (nSPS) is 10.4. The van der Waals surface area contributed by atoms with E-state index >= 15 is 0 Å². The van der Waals surface area contributed by atoms with Gasteiger partial charge in [-0.2, -0.15) is 0 Å². The number of halogens is 3. The van der Waals surface area contributed by atoms with Gasteiger partial charge in [0.2, 0.25) is 5.91 Å². The van der Waals surface area contributed by atoms with E-state index in [1.165, 1.54) is 0 Å². The second kappa shape index (κ2) is 5.77. The smallest absolute Gasteiger partial charge is 0.228 e. The Hall–Kier alpha value is -2.30. The van der Waals surface area contributed by atoms with E-state index in [2.05, 4.69) is 5.32 Å². The Morgan fingerprint density at radius 2 is 1.65 bits per heavy atom. The maximum absolute atomic E-state index is 13.4. The molecule has 0 bridgehead atoms. The molecule has 0 heterocycles. The molecule has 0 unspecified atom stereocenters. The van der Waals surface area contributed by atoms with E-state index in [0.717, 1.165) is 17.7 Å². The van der Waals surface area contributed by atoms with Crippen molar-refractivity contribution >= 4 is 11.6 Å². The standard InChI is InChI=1S/C15H12F3NO/c1-9-2-5-11(6-3-9)19-13(20)8-10-4-7-12(16)15(18)14(10)17/h2-7H,8H2,1H3,(H,19,20). The van der Waals surface area contributed by atoms with Gasteiger partial charge in [-0.15, -0.1) is 0 Å². The number of anilines is 1. The highest BCUT2D eigenvalue weighted by molar-refractivity contribution is 5.92. The van der Waals surface area contributed by atoms with Gasteiger partial charge >= 0.3 is 0 Å². The molecule has 0 aromatic heterocycles. The van der Waals surface area contributed by atoms with Crippen molar-refractivity contribution in [3.05, 3.63) is 65.0 Å². The summed E-state index contributed by atoms with van der Waals surface area (Å²) in [6.07, 6.45) is -0.364. The summed E-state index contributed by atoms with van der Waals surface area (Å²) in [5.41, 5.74) is 1.41. The summed E-state index contributed by atoms with van der Waals surface area (Å²) in [5.74, 6) is -4.67. The monoisotopic (exact) mass is 279 g/mol. The van der Waals surface area contributed by atoms with Crippen molar-refractivity contribution in [1.82, 2.24) is 0 Å². The van der Waals surface area contributed by atoms with Crippen LogP contribution in [0.3, 0.4) is 0 Å². The molecule has 2 aromatic rings. The number of rotatable bonds is 3. The van der Waals surface area contributed by atoms with Crippen LogP contribution in [0.15, 0.2) is 36.4 Å². The first-order valence-corrected chi connectivity index (χ1v) is 5.96. The van der Waals surface area contributed by atoms with Gasteiger partial charge in [-0.3, -0.25) is 4.79 Å². The van der Waals surface area contributed by atoms with Gasteiger partial charge in [0.1, 0.15) is 0 Å². The number of benzene rings is 2. The molecule has 0 saturated carbocycles. The summed E-state index contributed by atoms with van der Waals surface area (Å²) >= 11 is 0. The van der Waals surface area contributed by atoms with Gasteiger partial charge in [-0.25, -0.2) is 13.2 Å². The molecule has 5 heteroatoms. The lowest BCUT2D eigenvalue weighted by molar-refractivity contribution is -0.115. The molecule has 1 amide bonds. The van der Waals surface area contributed by atoms with E-state index < -0.39 is 23.4 Å².